The molecule has 0 aliphatic carbocycles. The Morgan fingerprint density at radius 3 is 2.27 bits per heavy atom. The van der Waals surface area contributed by atoms with Crippen molar-refractivity contribution < 1.29 is 19.6 Å². The molecule has 2 aromatic carbocycles. The number of rotatable bonds is 6. The first-order chi connectivity index (χ1) is 12.2. The first kappa shape index (κ1) is 19.1. The molecule has 0 atom stereocenters. The number of carboxylic acids is 1. The number of nitro benzene ring substituents is 1. The summed E-state index contributed by atoms with van der Waals surface area (Å²) in [5, 5.41) is 22.9. The van der Waals surface area contributed by atoms with E-state index in [1.165, 1.54) is 12.1 Å². The van der Waals surface area contributed by atoms with Gasteiger partial charge < -0.3 is 10.4 Å². The maximum absolute atomic E-state index is 12.5. The van der Waals surface area contributed by atoms with E-state index in [1.54, 1.807) is 39.0 Å². The van der Waals surface area contributed by atoms with Crippen LogP contribution in [-0.2, 0) is 6.42 Å². The standard InChI is InChI=1S/C19H20N2O5/c1-11-10-12(2)17(21(25)26)13(3)16(11)18(22)20-9-8-14-4-6-15(7-5-14)19(23)24/h4-7,10H,8-9H2,1-3H3,(H,20,22)(H,23,24). The Morgan fingerprint density at radius 2 is 1.73 bits per heavy atom. The third-order valence-corrected chi connectivity index (χ3v) is 4.24. The van der Waals surface area contributed by atoms with E-state index >= 15 is 0 Å². The fourth-order valence-electron chi connectivity index (χ4n) is 3.03. The summed E-state index contributed by atoms with van der Waals surface area (Å²) >= 11 is 0. The van der Waals surface area contributed by atoms with Crippen LogP contribution in [-0.4, -0.2) is 28.5 Å². The van der Waals surface area contributed by atoms with Crippen molar-refractivity contribution >= 4 is 17.6 Å². The summed E-state index contributed by atoms with van der Waals surface area (Å²) in [6.07, 6.45) is 0.525. The molecule has 7 nitrogen and oxygen atoms in total. The van der Waals surface area contributed by atoms with Crippen molar-refractivity contribution in [2.45, 2.75) is 27.2 Å². The molecule has 26 heavy (non-hydrogen) atoms. The van der Waals surface area contributed by atoms with E-state index in [4.69, 9.17) is 5.11 Å². The number of carbonyl (C=O) groups excluding carboxylic acids is 1. The predicted octanol–water partition coefficient (Wildman–Crippen LogP) is 3.19. The van der Waals surface area contributed by atoms with Crippen LogP contribution in [0.4, 0.5) is 5.69 Å². The zero-order chi connectivity index (χ0) is 19.4. The number of nitro groups is 1. The average Bonchev–Trinajstić information content (AvgIpc) is 2.54. The summed E-state index contributed by atoms with van der Waals surface area (Å²) in [7, 11) is 0. The molecule has 1 amide bonds. The zero-order valence-corrected chi connectivity index (χ0v) is 14.8. The van der Waals surface area contributed by atoms with Crippen molar-refractivity contribution in [3.05, 3.63) is 73.8 Å². The molecule has 0 bridgehead atoms. The summed E-state index contributed by atoms with van der Waals surface area (Å²) in [4.78, 5) is 34.1. The van der Waals surface area contributed by atoms with Gasteiger partial charge in [0.15, 0.2) is 0 Å². The van der Waals surface area contributed by atoms with E-state index in [-0.39, 0.29) is 17.2 Å². The van der Waals surface area contributed by atoms with E-state index in [2.05, 4.69) is 5.32 Å². The van der Waals surface area contributed by atoms with Crippen LogP contribution >= 0.6 is 0 Å². The highest BCUT2D eigenvalue weighted by Gasteiger charge is 2.23. The first-order valence-electron chi connectivity index (χ1n) is 8.08. The van der Waals surface area contributed by atoms with Crippen LogP contribution in [0, 0.1) is 30.9 Å². The van der Waals surface area contributed by atoms with Crippen LogP contribution in [0.2, 0.25) is 0 Å². The molecule has 0 heterocycles. The summed E-state index contributed by atoms with van der Waals surface area (Å²) < 4.78 is 0. The molecular formula is C19H20N2O5. The van der Waals surface area contributed by atoms with Gasteiger partial charge in [0.2, 0.25) is 0 Å². The second-order valence-electron chi connectivity index (χ2n) is 6.12. The number of hydrogen-bond acceptors (Lipinski definition) is 4. The van der Waals surface area contributed by atoms with Crippen molar-refractivity contribution in [1.29, 1.82) is 0 Å². The molecule has 2 N–H and O–H groups in total. The van der Waals surface area contributed by atoms with Gasteiger partial charge >= 0.3 is 5.97 Å². The molecule has 0 saturated heterocycles. The largest absolute Gasteiger partial charge is 0.478 e. The van der Waals surface area contributed by atoms with E-state index in [9.17, 15) is 19.7 Å². The number of benzene rings is 2. The van der Waals surface area contributed by atoms with E-state index in [0.717, 1.165) is 5.56 Å². The highest BCUT2D eigenvalue weighted by atomic mass is 16.6. The molecule has 0 aromatic heterocycles. The van der Waals surface area contributed by atoms with Gasteiger partial charge in [-0.25, -0.2) is 4.79 Å². The fourth-order valence-corrected chi connectivity index (χ4v) is 3.03. The minimum atomic E-state index is -0.989. The molecule has 0 spiro atoms. The average molecular weight is 356 g/mol. The van der Waals surface area contributed by atoms with Crippen LogP contribution < -0.4 is 5.32 Å². The third-order valence-electron chi connectivity index (χ3n) is 4.24. The molecule has 7 heteroatoms. The molecule has 136 valence electrons. The Kier molecular flexibility index (Phi) is 5.71. The zero-order valence-electron chi connectivity index (χ0n) is 14.8. The van der Waals surface area contributed by atoms with Crippen molar-refractivity contribution in [3.8, 4) is 0 Å². The number of nitrogens with one attached hydrogen (secondary N) is 1. The van der Waals surface area contributed by atoms with Gasteiger partial charge in [0.1, 0.15) is 0 Å². The monoisotopic (exact) mass is 356 g/mol. The minimum Gasteiger partial charge on any atom is -0.478 e. The predicted molar refractivity (Wildman–Crippen MR) is 96.7 cm³/mol. The molecule has 2 rings (SSSR count). The number of amides is 1. The Bertz CT molecular complexity index is 872. The van der Waals surface area contributed by atoms with Crippen LogP contribution in [0.3, 0.4) is 0 Å². The number of carboxylic acid groups (broad SMARTS) is 1. The normalized spacial score (nSPS) is 10.4. The maximum atomic E-state index is 12.5. The molecule has 0 aliphatic rings. The topological polar surface area (TPSA) is 110 Å². The molecule has 0 saturated carbocycles. The Morgan fingerprint density at radius 1 is 1.12 bits per heavy atom. The van der Waals surface area contributed by atoms with Gasteiger partial charge in [-0.05, 0) is 56.5 Å². The van der Waals surface area contributed by atoms with Gasteiger partial charge in [-0.1, -0.05) is 12.1 Å². The van der Waals surface area contributed by atoms with Gasteiger partial charge in [-0.2, -0.15) is 0 Å². The van der Waals surface area contributed by atoms with Gasteiger partial charge in [0.25, 0.3) is 11.6 Å². The number of carbonyl (C=O) groups is 2. The number of aromatic carboxylic acids is 1. The molecular weight excluding hydrogens is 336 g/mol. The fraction of sp³-hybridized carbons (Fsp3) is 0.263. The lowest BCUT2D eigenvalue weighted by Crippen LogP contribution is -2.27. The quantitative estimate of drug-likeness (QED) is 0.610. The SMILES string of the molecule is Cc1cc(C)c([N+](=O)[O-])c(C)c1C(=O)NCCc1ccc(C(=O)O)cc1. The maximum Gasteiger partial charge on any atom is 0.335 e. The lowest BCUT2D eigenvalue weighted by Gasteiger charge is -2.12. The van der Waals surface area contributed by atoms with Crippen molar-refractivity contribution in [2.24, 2.45) is 0 Å². The van der Waals surface area contributed by atoms with Crippen LogP contribution in [0.15, 0.2) is 30.3 Å². The summed E-state index contributed by atoms with van der Waals surface area (Å²) in [6, 6.07) is 8.06. The highest BCUT2D eigenvalue weighted by Crippen LogP contribution is 2.28. The van der Waals surface area contributed by atoms with Gasteiger partial charge in [0, 0.05) is 17.7 Å². The lowest BCUT2D eigenvalue weighted by molar-refractivity contribution is -0.386. The Balaban J connectivity index is 2.10. The summed E-state index contributed by atoms with van der Waals surface area (Å²) in [6.45, 7) is 5.33. The second-order valence-corrected chi connectivity index (χ2v) is 6.12. The molecule has 0 aliphatic heterocycles. The third kappa shape index (κ3) is 4.05. The summed E-state index contributed by atoms with van der Waals surface area (Å²) in [5.41, 5.74) is 2.95. The van der Waals surface area contributed by atoms with E-state index in [0.29, 0.717) is 35.2 Å². The highest BCUT2D eigenvalue weighted by molar-refractivity contribution is 5.98. The smallest absolute Gasteiger partial charge is 0.335 e. The Labute approximate surface area is 150 Å². The number of nitrogens with zero attached hydrogens (tertiary/aromatic N) is 1. The lowest BCUT2D eigenvalue weighted by atomic mass is 9.96. The van der Waals surface area contributed by atoms with Gasteiger partial charge in [-0.3, -0.25) is 14.9 Å². The van der Waals surface area contributed by atoms with Gasteiger partial charge in [0.05, 0.1) is 16.1 Å². The van der Waals surface area contributed by atoms with Crippen molar-refractivity contribution in [1.82, 2.24) is 5.32 Å². The number of aryl methyl sites for hydroxylation is 2. The molecule has 0 fully saturated rings. The molecule has 0 radical (unpaired) electrons. The van der Waals surface area contributed by atoms with Gasteiger partial charge in [-0.15, -0.1) is 0 Å². The Hall–Kier alpha value is -3.22. The first-order valence-corrected chi connectivity index (χ1v) is 8.08. The van der Waals surface area contributed by atoms with Crippen LogP contribution in [0.5, 0.6) is 0 Å². The van der Waals surface area contributed by atoms with E-state index < -0.39 is 10.9 Å². The van der Waals surface area contributed by atoms with Crippen LogP contribution in [0.1, 0.15) is 43.0 Å². The van der Waals surface area contributed by atoms with E-state index in [1.807, 2.05) is 0 Å². The minimum absolute atomic E-state index is 0.0370. The second kappa shape index (κ2) is 7.77. The van der Waals surface area contributed by atoms with Crippen LogP contribution in [0.25, 0.3) is 0 Å². The molecule has 2 aromatic rings. The van der Waals surface area contributed by atoms with Crippen molar-refractivity contribution in [2.75, 3.05) is 6.54 Å². The van der Waals surface area contributed by atoms with Crippen molar-refractivity contribution in [3.63, 3.8) is 0 Å². The number of hydrogen-bond donors (Lipinski definition) is 2. The molecule has 0 unspecified atom stereocenters. The summed E-state index contributed by atoms with van der Waals surface area (Å²) in [5.74, 6) is -1.35.